The number of benzene rings is 12. The summed E-state index contributed by atoms with van der Waals surface area (Å²) in [5.74, 6) is 0. The molecule has 4 nitrogen and oxygen atoms in total. The molecular weight excluding hydrogens is 981 g/mol. The number of aryl methyl sites for hydroxylation is 2. The molecule has 390 valence electrons. The molecule has 0 aromatic heterocycles. The fourth-order valence-corrected chi connectivity index (χ4v) is 11.7. The van der Waals surface area contributed by atoms with Crippen molar-refractivity contribution in [2.75, 3.05) is 19.6 Å². The summed E-state index contributed by atoms with van der Waals surface area (Å²) in [5, 5.41) is 0. The van der Waals surface area contributed by atoms with E-state index in [-0.39, 0.29) is 0 Å². The van der Waals surface area contributed by atoms with Crippen molar-refractivity contribution in [3.63, 3.8) is 0 Å². The molecule has 0 bridgehead atoms. The summed E-state index contributed by atoms with van der Waals surface area (Å²) >= 11 is 0. The second-order valence-corrected chi connectivity index (χ2v) is 21.1. The molecule has 13 rings (SSSR count). The Morgan fingerprint density at radius 3 is 0.654 bits per heavy atom. The summed E-state index contributed by atoms with van der Waals surface area (Å²) < 4.78 is 0. The van der Waals surface area contributed by atoms with Crippen LogP contribution in [0.1, 0.15) is 44.5 Å². The van der Waals surface area contributed by atoms with Gasteiger partial charge in [-0.15, -0.1) is 0 Å². The van der Waals surface area contributed by atoms with Crippen molar-refractivity contribution < 1.29 is 0 Å². The van der Waals surface area contributed by atoms with Gasteiger partial charge in [0.05, 0.1) is 0 Å². The number of anilines is 12. The molecule has 1 aliphatic carbocycles. The third-order valence-corrected chi connectivity index (χ3v) is 15.8. The van der Waals surface area contributed by atoms with Crippen molar-refractivity contribution in [3.8, 4) is 11.1 Å². The largest absolute Gasteiger partial charge is 0.311 e. The molecule has 12 aromatic rings. The van der Waals surface area contributed by atoms with Gasteiger partial charge >= 0.3 is 0 Å². The van der Waals surface area contributed by atoms with Crippen LogP contribution in [0.25, 0.3) is 11.1 Å². The number of para-hydroxylation sites is 6. The van der Waals surface area contributed by atoms with E-state index in [4.69, 9.17) is 0 Å². The molecule has 0 amide bonds. The van der Waals surface area contributed by atoms with E-state index in [0.29, 0.717) is 0 Å². The topological polar surface area (TPSA) is 13.0 Å². The van der Waals surface area contributed by atoms with E-state index in [1.165, 1.54) is 55.6 Å². The van der Waals surface area contributed by atoms with Gasteiger partial charge in [0.15, 0.2) is 0 Å². The minimum Gasteiger partial charge on any atom is -0.311 e. The van der Waals surface area contributed by atoms with Crippen molar-refractivity contribution in [1.82, 2.24) is 0 Å². The predicted molar refractivity (Wildman–Crippen MR) is 341 cm³/mol. The molecule has 0 unspecified atom stereocenters. The first-order valence-electron chi connectivity index (χ1n) is 28.1. The Labute approximate surface area is 477 Å². The van der Waals surface area contributed by atoms with E-state index >= 15 is 0 Å². The lowest BCUT2D eigenvalue weighted by molar-refractivity contribution is 1.13. The second-order valence-electron chi connectivity index (χ2n) is 21.1. The van der Waals surface area contributed by atoms with Gasteiger partial charge in [-0.1, -0.05) is 158 Å². The maximum atomic E-state index is 2.48. The molecule has 0 N–H and O–H groups in total. The molecule has 4 heteroatoms. The first-order chi connectivity index (χ1) is 40.0. The zero-order chi connectivity index (χ0) is 54.5. The van der Waals surface area contributed by atoms with E-state index in [1.807, 2.05) is 0 Å². The van der Waals surface area contributed by atoms with Crippen LogP contribution in [-0.4, -0.2) is 0 Å². The quantitative estimate of drug-likeness (QED) is 0.0956. The standard InChI is InChI=1S/C77H62N4/c1-56-49-62-53-63-50-57(2)61(52-59-35-39-71(40-36-59)81(69-31-19-8-20-32-69)75-47-43-73(44-48-75)79(66-25-13-5-14-26-66)67-27-15-6-16-28-67)55-77(63)76(62)54-60(56)51-58-33-37-70(38-34-58)80(68-29-17-7-18-30-68)74-45-41-72(42-46-74)78(64-21-9-3-10-22-64)65-23-11-4-12-24-65/h3-50,54-55H,51-53H2,1-2H3. The summed E-state index contributed by atoms with van der Waals surface area (Å²) in [6, 6.07) is 110. The van der Waals surface area contributed by atoms with Gasteiger partial charge < -0.3 is 19.6 Å². The molecule has 81 heavy (non-hydrogen) atoms. The van der Waals surface area contributed by atoms with Gasteiger partial charge in [-0.05, 0) is 234 Å². The molecule has 0 aliphatic heterocycles. The number of fused-ring (bicyclic) bond motifs is 3. The molecule has 0 saturated heterocycles. The third-order valence-electron chi connectivity index (χ3n) is 15.8. The van der Waals surface area contributed by atoms with Crippen LogP contribution in [0.4, 0.5) is 68.2 Å². The van der Waals surface area contributed by atoms with Crippen LogP contribution in [0.5, 0.6) is 0 Å². The van der Waals surface area contributed by atoms with E-state index < -0.39 is 0 Å². The average molecular weight is 1040 g/mol. The predicted octanol–water partition coefficient (Wildman–Crippen LogP) is 20.9. The second kappa shape index (κ2) is 22.7. The van der Waals surface area contributed by atoms with Crippen LogP contribution in [0.15, 0.2) is 303 Å². The van der Waals surface area contributed by atoms with Gasteiger partial charge in [0.1, 0.15) is 0 Å². The fourth-order valence-electron chi connectivity index (χ4n) is 11.7. The smallest absolute Gasteiger partial charge is 0.0463 e. The SMILES string of the molecule is Cc1cc2c(cc1Cc1ccc(N(c3ccccc3)c3ccc(N(c4ccccc4)c4ccccc4)cc3)cc1)-c1cc(Cc3ccc(N(c4ccccc4)c4ccc(N(c5ccccc5)c5ccccc5)cc4)cc3)c(C)cc1C2. The Kier molecular flexibility index (Phi) is 14.1. The lowest BCUT2D eigenvalue weighted by atomic mass is 9.92. The van der Waals surface area contributed by atoms with Crippen LogP contribution >= 0.6 is 0 Å². The Balaban J connectivity index is 0.737. The highest BCUT2D eigenvalue weighted by molar-refractivity contribution is 5.84. The van der Waals surface area contributed by atoms with Crippen LogP contribution in [0, 0.1) is 13.8 Å². The Morgan fingerprint density at radius 1 is 0.235 bits per heavy atom. The molecule has 0 fully saturated rings. The van der Waals surface area contributed by atoms with Crippen molar-refractivity contribution >= 4 is 68.2 Å². The zero-order valence-corrected chi connectivity index (χ0v) is 45.8. The molecule has 12 aromatic carbocycles. The monoisotopic (exact) mass is 1040 g/mol. The van der Waals surface area contributed by atoms with Crippen LogP contribution in [0.3, 0.4) is 0 Å². The molecule has 0 heterocycles. The highest BCUT2D eigenvalue weighted by Gasteiger charge is 2.23. The van der Waals surface area contributed by atoms with Crippen molar-refractivity contribution in [3.05, 3.63) is 348 Å². The van der Waals surface area contributed by atoms with Gasteiger partial charge in [0, 0.05) is 68.2 Å². The van der Waals surface area contributed by atoms with Crippen LogP contribution in [0.2, 0.25) is 0 Å². The number of hydrogen-bond acceptors (Lipinski definition) is 4. The van der Waals surface area contributed by atoms with Gasteiger partial charge in [-0.3, -0.25) is 0 Å². The maximum Gasteiger partial charge on any atom is 0.0463 e. The minimum atomic E-state index is 0.860. The van der Waals surface area contributed by atoms with Crippen LogP contribution < -0.4 is 19.6 Å². The minimum absolute atomic E-state index is 0.860. The average Bonchev–Trinajstić information content (AvgIpc) is 4.03. The zero-order valence-electron chi connectivity index (χ0n) is 45.8. The molecule has 1 aliphatic rings. The van der Waals surface area contributed by atoms with Gasteiger partial charge in [0.25, 0.3) is 0 Å². The summed E-state index contributed by atoms with van der Waals surface area (Å²) in [5.41, 5.74) is 26.9. The van der Waals surface area contributed by atoms with Gasteiger partial charge in [-0.2, -0.15) is 0 Å². The van der Waals surface area contributed by atoms with E-state index in [2.05, 4.69) is 337 Å². The van der Waals surface area contributed by atoms with E-state index in [0.717, 1.165) is 87.5 Å². The van der Waals surface area contributed by atoms with Gasteiger partial charge in [0.2, 0.25) is 0 Å². The molecule has 0 saturated carbocycles. The number of hydrogen-bond donors (Lipinski definition) is 0. The highest BCUT2D eigenvalue weighted by Crippen LogP contribution is 2.44. The highest BCUT2D eigenvalue weighted by atomic mass is 15.2. The Morgan fingerprint density at radius 2 is 0.432 bits per heavy atom. The maximum absolute atomic E-state index is 2.48. The summed E-state index contributed by atoms with van der Waals surface area (Å²) in [6.45, 7) is 4.56. The first kappa shape index (κ1) is 50.4. The number of rotatable bonds is 16. The lowest BCUT2D eigenvalue weighted by Crippen LogP contribution is -2.12. The summed E-state index contributed by atoms with van der Waals surface area (Å²) in [7, 11) is 0. The Bertz CT molecular complexity index is 3690. The molecule has 0 spiro atoms. The molecule has 0 atom stereocenters. The number of nitrogens with zero attached hydrogens (tertiary/aromatic N) is 4. The van der Waals surface area contributed by atoms with E-state index in [9.17, 15) is 0 Å². The summed E-state index contributed by atoms with van der Waals surface area (Å²) in [6.07, 6.45) is 2.69. The molecule has 0 radical (unpaired) electrons. The third kappa shape index (κ3) is 10.6. The first-order valence-corrected chi connectivity index (χ1v) is 28.1. The van der Waals surface area contributed by atoms with Crippen molar-refractivity contribution in [2.45, 2.75) is 33.1 Å². The summed E-state index contributed by atoms with van der Waals surface area (Å²) in [4.78, 5) is 9.30. The lowest BCUT2D eigenvalue weighted by Gasteiger charge is -2.28. The molecular formula is C77H62N4. The normalized spacial score (nSPS) is 11.4. The van der Waals surface area contributed by atoms with E-state index in [1.54, 1.807) is 0 Å². The van der Waals surface area contributed by atoms with Crippen molar-refractivity contribution in [1.29, 1.82) is 0 Å². The van der Waals surface area contributed by atoms with Gasteiger partial charge in [-0.25, -0.2) is 0 Å². The van der Waals surface area contributed by atoms with Crippen LogP contribution in [-0.2, 0) is 19.3 Å². The fraction of sp³-hybridized carbons (Fsp3) is 0.0649. The Hall–Kier alpha value is -10.2. The van der Waals surface area contributed by atoms with Crippen molar-refractivity contribution in [2.24, 2.45) is 0 Å².